The van der Waals surface area contributed by atoms with Crippen LogP contribution in [0.3, 0.4) is 0 Å². The second-order valence-corrected chi connectivity index (χ2v) is 6.35. The second-order valence-electron chi connectivity index (χ2n) is 5.43. The molecule has 0 unspecified atom stereocenters. The molecule has 0 saturated heterocycles. The summed E-state index contributed by atoms with van der Waals surface area (Å²) in [5.41, 5.74) is 8.44. The van der Waals surface area contributed by atoms with E-state index in [1.807, 2.05) is 6.92 Å². The second kappa shape index (κ2) is 10.3. The van der Waals surface area contributed by atoms with E-state index in [4.69, 9.17) is 19.9 Å². The molecule has 28 heavy (non-hydrogen) atoms. The third-order valence-electron chi connectivity index (χ3n) is 3.44. The molecule has 0 spiro atoms. The number of hydrogen-bond acceptors (Lipinski definition) is 6. The van der Waals surface area contributed by atoms with Crippen molar-refractivity contribution in [3.63, 3.8) is 0 Å². The first-order valence-electron chi connectivity index (χ1n) is 8.29. The normalized spacial score (nSPS) is 10.5. The van der Waals surface area contributed by atoms with Crippen molar-refractivity contribution in [2.24, 2.45) is 10.8 Å². The van der Waals surface area contributed by atoms with Crippen molar-refractivity contribution in [3.05, 3.63) is 52.0 Å². The van der Waals surface area contributed by atoms with Crippen LogP contribution in [-0.2, 0) is 4.79 Å². The molecular weight excluding hydrogens is 430 g/mol. The van der Waals surface area contributed by atoms with Crippen molar-refractivity contribution in [2.75, 3.05) is 20.3 Å². The monoisotopic (exact) mass is 449 g/mol. The lowest BCUT2D eigenvalue weighted by Gasteiger charge is -2.10. The SMILES string of the molecule is CCOc1ccc(C(=O)N/N=C/c2cc(Br)ccc2OCC(N)=O)cc1OC. The molecule has 0 bridgehead atoms. The van der Waals surface area contributed by atoms with Crippen molar-refractivity contribution < 1.29 is 23.8 Å². The predicted octanol–water partition coefficient (Wildman–Crippen LogP) is 2.48. The number of benzene rings is 2. The average molecular weight is 450 g/mol. The van der Waals surface area contributed by atoms with Crippen molar-refractivity contribution >= 4 is 34.0 Å². The number of hydrogen-bond donors (Lipinski definition) is 2. The molecule has 0 aliphatic carbocycles. The Labute approximate surface area is 170 Å². The van der Waals surface area contributed by atoms with Crippen LogP contribution in [-0.4, -0.2) is 38.4 Å². The first-order chi connectivity index (χ1) is 13.4. The number of nitrogens with one attached hydrogen (secondary N) is 1. The van der Waals surface area contributed by atoms with E-state index in [1.165, 1.54) is 13.3 Å². The highest BCUT2D eigenvalue weighted by atomic mass is 79.9. The summed E-state index contributed by atoms with van der Waals surface area (Å²) in [5, 5.41) is 3.95. The van der Waals surface area contributed by atoms with Crippen molar-refractivity contribution in [1.29, 1.82) is 0 Å². The van der Waals surface area contributed by atoms with E-state index in [0.29, 0.717) is 35.0 Å². The van der Waals surface area contributed by atoms with E-state index in [2.05, 4.69) is 26.5 Å². The highest BCUT2D eigenvalue weighted by molar-refractivity contribution is 9.10. The fraction of sp³-hybridized carbons (Fsp3) is 0.211. The quantitative estimate of drug-likeness (QED) is 0.450. The number of carbonyl (C=O) groups excluding carboxylic acids is 2. The van der Waals surface area contributed by atoms with Gasteiger partial charge < -0.3 is 19.9 Å². The molecule has 0 heterocycles. The first kappa shape index (κ1) is 21.2. The lowest BCUT2D eigenvalue weighted by atomic mass is 10.2. The van der Waals surface area contributed by atoms with E-state index >= 15 is 0 Å². The Morgan fingerprint density at radius 3 is 2.57 bits per heavy atom. The minimum Gasteiger partial charge on any atom is -0.493 e. The molecule has 2 amide bonds. The van der Waals surface area contributed by atoms with E-state index in [1.54, 1.807) is 36.4 Å². The molecule has 8 nitrogen and oxygen atoms in total. The van der Waals surface area contributed by atoms with Crippen LogP contribution in [0, 0.1) is 0 Å². The van der Waals surface area contributed by atoms with Crippen molar-refractivity contribution in [1.82, 2.24) is 5.43 Å². The summed E-state index contributed by atoms with van der Waals surface area (Å²) in [6, 6.07) is 9.97. The lowest BCUT2D eigenvalue weighted by Crippen LogP contribution is -2.20. The van der Waals surface area contributed by atoms with Crippen LogP contribution in [0.1, 0.15) is 22.8 Å². The molecule has 0 saturated carbocycles. The maximum absolute atomic E-state index is 12.3. The number of nitrogens with two attached hydrogens (primary N) is 1. The molecule has 9 heteroatoms. The van der Waals surface area contributed by atoms with Crippen molar-refractivity contribution in [2.45, 2.75) is 6.92 Å². The summed E-state index contributed by atoms with van der Waals surface area (Å²) in [7, 11) is 1.50. The van der Waals surface area contributed by atoms with Gasteiger partial charge in [0, 0.05) is 15.6 Å². The van der Waals surface area contributed by atoms with Crippen LogP contribution in [0.4, 0.5) is 0 Å². The molecule has 2 rings (SSSR count). The lowest BCUT2D eigenvalue weighted by molar-refractivity contribution is -0.119. The number of halogens is 1. The number of primary amides is 1. The maximum atomic E-state index is 12.3. The standard InChI is InChI=1S/C19H20BrN3O5/c1-3-27-16-6-4-12(9-17(16)26-2)19(25)23-22-10-13-8-14(20)5-7-15(13)28-11-18(21)24/h4-10H,3,11H2,1-2H3,(H2,21,24)(H,23,25)/b22-10+. The third-order valence-corrected chi connectivity index (χ3v) is 3.93. The summed E-state index contributed by atoms with van der Waals surface area (Å²) >= 11 is 3.35. The van der Waals surface area contributed by atoms with Crippen LogP contribution in [0.25, 0.3) is 0 Å². The highest BCUT2D eigenvalue weighted by Crippen LogP contribution is 2.28. The number of hydrazone groups is 1. The Morgan fingerprint density at radius 2 is 1.89 bits per heavy atom. The van der Waals surface area contributed by atoms with Gasteiger partial charge in [-0.15, -0.1) is 0 Å². The zero-order chi connectivity index (χ0) is 20.5. The van der Waals surface area contributed by atoms with Gasteiger partial charge in [-0.25, -0.2) is 5.43 Å². The smallest absolute Gasteiger partial charge is 0.271 e. The van der Waals surface area contributed by atoms with Gasteiger partial charge in [0.05, 0.1) is 19.9 Å². The summed E-state index contributed by atoms with van der Waals surface area (Å²) in [6.07, 6.45) is 1.41. The van der Waals surface area contributed by atoms with Gasteiger partial charge in [-0.1, -0.05) is 15.9 Å². The summed E-state index contributed by atoms with van der Waals surface area (Å²) in [5.74, 6) is 0.390. The van der Waals surface area contributed by atoms with Gasteiger partial charge in [-0.2, -0.15) is 5.10 Å². The first-order valence-corrected chi connectivity index (χ1v) is 9.08. The van der Waals surface area contributed by atoms with Gasteiger partial charge in [-0.05, 0) is 43.3 Å². The number of ether oxygens (including phenoxy) is 3. The van der Waals surface area contributed by atoms with Gasteiger partial charge in [0.1, 0.15) is 5.75 Å². The van der Waals surface area contributed by atoms with Crippen LogP contribution in [0.2, 0.25) is 0 Å². The zero-order valence-electron chi connectivity index (χ0n) is 15.4. The number of rotatable bonds is 9. The predicted molar refractivity (Wildman–Crippen MR) is 108 cm³/mol. The molecule has 0 fully saturated rings. The number of carbonyl (C=O) groups is 2. The number of nitrogens with zero attached hydrogens (tertiary/aromatic N) is 1. The van der Waals surface area contributed by atoms with Gasteiger partial charge in [-0.3, -0.25) is 9.59 Å². The Hall–Kier alpha value is -3.07. The van der Waals surface area contributed by atoms with E-state index in [-0.39, 0.29) is 6.61 Å². The fourth-order valence-electron chi connectivity index (χ4n) is 2.21. The van der Waals surface area contributed by atoms with E-state index in [0.717, 1.165) is 4.47 Å². The van der Waals surface area contributed by atoms with Crippen LogP contribution in [0.5, 0.6) is 17.2 Å². The molecule has 0 atom stereocenters. The van der Waals surface area contributed by atoms with Crippen molar-refractivity contribution in [3.8, 4) is 17.2 Å². The summed E-state index contributed by atoms with van der Waals surface area (Å²) in [4.78, 5) is 23.2. The molecule has 2 aromatic carbocycles. The third kappa shape index (κ3) is 5.98. The topological polar surface area (TPSA) is 112 Å². The molecule has 0 aliphatic rings. The molecule has 148 valence electrons. The van der Waals surface area contributed by atoms with Crippen LogP contribution >= 0.6 is 15.9 Å². The highest BCUT2D eigenvalue weighted by Gasteiger charge is 2.11. The number of methoxy groups -OCH3 is 1. The Kier molecular flexibility index (Phi) is 7.82. The molecule has 0 aromatic heterocycles. The fourth-order valence-corrected chi connectivity index (χ4v) is 2.59. The zero-order valence-corrected chi connectivity index (χ0v) is 17.0. The molecule has 3 N–H and O–H groups in total. The average Bonchev–Trinajstić information content (AvgIpc) is 2.67. The van der Waals surface area contributed by atoms with Crippen LogP contribution in [0.15, 0.2) is 46.0 Å². The van der Waals surface area contributed by atoms with Gasteiger partial charge in [0.2, 0.25) is 0 Å². The molecule has 0 aliphatic heterocycles. The molecule has 2 aromatic rings. The largest absolute Gasteiger partial charge is 0.493 e. The number of amides is 2. The summed E-state index contributed by atoms with van der Waals surface area (Å²) < 4.78 is 16.8. The van der Waals surface area contributed by atoms with Crippen LogP contribution < -0.4 is 25.4 Å². The van der Waals surface area contributed by atoms with E-state index in [9.17, 15) is 9.59 Å². The molecule has 0 radical (unpaired) electrons. The van der Waals surface area contributed by atoms with E-state index < -0.39 is 11.8 Å². The van der Waals surface area contributed by atoms with Gasteiger partial charge in [0.15, 0.2) is 18.1 Å². The molecular formula is C19H20BrN3O5. The minimum absolute atomic E-state index is 0.263. The summed E-state index contributed by atoms with van der Waals surface area (Å²) in [6.45, 7) is 2.08. The van der Waals surface area contributed by atoms with Gasteiger partial charge in [0.25, 0.3) is 11.8 Å². The Bertz CT molecular complexity index is 886. The van der Waals surface area contributed by atoms with Gasteiger partial charge >= 0.3 is 0 Å². The minimum atomic E-state index is -0.594. The Morgan fingerprint density at radius 1 is 1.14 bits per heavy atom. The maximum Gasteiger partial charge on any atom is 0.271 e. The Balaban J connectivity index is 2.11.